The third-order valence-corrected chi connectivity index (χ3v) is 7.26. The van der Waals surface area contributed by atoms with E-state index in [0.717, 1.165) is 23.3 Å². The molecule has 1 amide bonds. The maximum Gasteiger partial charge on any atom is 0.416 e. The summed E-state index contributed by atoms with van der Waals surface area (Å²) in [4.78, 5) is 51.0. The summed E-state index contributed by atoms with van der Waals surface area (Å²) in [6, 6.07) is 19.2. The zero-order valence-corrected chi connectivity index (χ0v) is 26.9. The highest BCUT2D eigenvalue weighted by Gasteiger charge is 2.31. The number of imidazole rings is 1. The SMILES string of the molecule is Cc1cn(-c2cc(NC(=O)c3ccc(C)c(Nc4nccc(-c5cccnc5)n4)c3)cc(C(F)(F)F)c2)cn1.O=C(O)c1ccccc1C(=O)O. The smallest absolute Gasteiger partial charge is 0.416 e. The van der Waals surface area contributed by atoms with Gasteiger partial charge < -0.3 is 25.4 Å². The molecular weight excluding hydrogens is 667 g/mol. The van der Waals surface area contributed by atoms with Crippen LogP contribution in [0.3, 0.4) is 0 Å². The predicted octanol–water partition coefficient (Wildman–Crippen LogP) is 7.44. The van der Waals surface area contributed by atoms with Crippen LogP contribution in [0, 0.1) is 13.8 Å². The second-order valence-electron chi connectivity index (χ2n) is 11.0. The lowest BCUT2D eigenvalue weighted by Gasteiger charge is -2.14. The maximum atomic E-state index is 13.6. The highest BCUT2D eigenvalue weighted by atomic mass is 19.4. The number of nitrogens with one attached hydrogen (secondary N) is 2. The van der Waals surface area contributed by atoms with Gasteiger partial charge in [0.05, 0.1) is 34.4 Å². The molecule has 6 aromatic rings. The van der Waals surface area contributed by atoms with Gasteiger partial charge in [-0.05, 0) is 80.1 Å². The van der Waals surface area contributed by atoms with Crippen LogP contribution in [0.5, 0.6) is 0 Å². The number of aromatic carboxylic acids is 2. The molecule has 3 heterocycles. The number of amides is 1. The first-order valence-corrected chi connectivity index (χ1v) is 15.0. The third-order valence-electron chi connectivity index (χ3n) is 7.26. The van der Waals surface area contributed by atoms with Gasteiger partial charge in [-0.3, -0.25) is 9.78 Å². The van der Waals surface area contributed by atoms with Gasteiger partial charge in [-0.15, -0.1) is 0 Å². The van der Waals surface area contributed by atoms with Crippen LogP contribution in [-0.4, -0.2) is 52.6 Å². The molecule has 4 N–H and O–H groups in total. The fraction of sp³-hybridized carbons (Fsp3) is 0.0833. The molecule has 0 bridgehead atoms. The number of carboxylic acid groups (broad SMARTS) is 2. The maximum absolute atomic E-state index is 13.6. The Kier molecular flexibility index (Phi) is 10.5. The third kappa shape index (κ3) is 8.97. The first kappa shape index (κ1) is 35.4. The zero-order valence-electron chi connectivity index (χ0n) is 26.9. The van der Waals surface area contributed by atoms with Crippen molar-refractivity contribution in [2.45, 2.75) is 20.0 Å². The fourth-order valence-electron chi connectivity index (χ4n) is 4.73. The number of aromatic nitrogens is 5. The van der Waals surface area contributed by atoms with Gasteiger partial charge >= 0.3 is 18.1 Å². The molecule has 0 radical (unpaired) electrons. The van der Waals surface area contributed by atoms with Gasteiger partial charge in [0.1, 0.15) is 0 Å². The number of carboxylic acids is 2. The molecule has 0 spiro atoms. The summed E-state index contributed by atoms with van der Waals surface area (Å²) in [6.45, 7) is 3.58. The minimum Gasteiger partial charge on any atom is -0.478 e. The van der Waals surface area contributed by atoms with Gasteiger partial charge in [-0.1, -0.05) is 18.2 Å². The minimum atomic E-state index is -4.60. The topological polar surface area (TPSA) is 172 Å². The number of carbonyl (C=O) groups excluding carboxylic acids is 1. The predicted molar refractivity (Wildman–Crippen MR) is 181 cm³/mol. The molecule has 258 valence electrons. The van der Waals surface area contributed by atoms with E-state index in [-0.39, 0.29) is 28.1 Å². The van der Waals surface area contributed by atoms with Crippen molar-refractivity contribution >= 4 is 35.2 Å². The lowest BCUT2D eigenvalue weighted by atomic mass is 10.1. The second-order valence-corrected chi connectivity index (χ2v) is 11.0. The Bertz CT molecular complexity index is 2190. The van der Waals surface area contributed by atoms with Crippen LogP contribution in [0.2, 0.25) is 0 Å². The normalized spacial score (nSPS) is 10.8. The van der Waals surface area contributed by atoms with Gasteiger partial charge in [-0.25, -0.2) is 24.5 Å². The van der Waals surface area contributed by atoms with Crippen molar-refractivity contribution in [3.8, 4) is 16.9 Å². The van der Waals surface area contributed by atoms with Crippen LogP contribution in [0.25, 0.3) is 16.9 Å². The number of nitrogens with zero attached hydrogens (tertiary/aromatic N) is 5. The second kappa shape index (κ2) is 15.1. The van der Waals surface area contributed by atoms with Gasteiger partial charge in [0, 0.05) is 53.0 Å². The van der Waals surface area contributed by atoms with E-state index in [1.54, 1.807) is 62.0 Å². The molecule has 0 aliphatic carbocycles. The molecule has 0 aliphatic rings. The van der Waals surface area contributed by atoms with Gasteiger partial charge in [-0.2, -0.15) is 13.2 Å². The number of hydrogen-bond donors (Lipinski definition) is 4. The standard InChI is InChI=1S/C28H22F3N7O.C8H6O4/c1-17-5-6-19(10-25(17)37-27-33-9-7-24(36-27)20-4-3-8-32-14-20)26(39)35-22-11-21(28(29,30)31)12-23(13-22)38-15-18(2)34-16-38;9-7(10)5-3-1-2-4-6(5)8(11)12/h3-16H,1-2H3,(H,35,39)(H,33,36,37);1-4H,(H,9,10)(H,11,12). The molecule has 6 rings (SSSR count). The number of aryl methyl sites for hydroxylation is 2. The van der Waals surface area contributed by atoms with Crippen molar-refractivity contribution in [2.75, 3.05) is 10.6 Å². The Morgan fingerprint density at radius 2 is 1.55 bits per heavy atom. The first-order chi connectivity index (χ1) is 24.3. The van der Waals surface area contributed by atoms with E-state index >= 15 is 0 Å². The number of anilines is 3. The van der Waals surface area contributed by atoms with Crippen molar-refractivity contribution in [3.63, 3.8) is 0 Å². The van der Waals surface area contributed by atoms with Crippen molar-refractivity contribution in [1.29, 1.82) is 0 Å². The van der Waals surface area contributed by atoms with Crippen LogP contribution >= 0.6 is 0 Å². The number of halogens is 3. The Balaban J connectivity index is 0.000000357. The summed E-state index contributed by atoms with van der Waals surface area (Å²) in [5.41, 5.74) is 2.71. The number of carbonyl (C=O) groups is 3. The van der Waals surface area contributed by atoms with Crippen molar-refractivity contribution in [2.24, 2.45) is 0 Å². The van der Waals surface area contributed by atoms with E-state index in [1.165, 1.54) is 41.2 Å². The summed E-state index contributed by atoms with van der Waals surface area (Å²) in [5.74, 6) is -2.72. The molecular formula is C36H28F3N7O5. The molecule has 0 atom stereocenters. The summed E-state index contributed by atoms with van der Waals surface area (Å²) in [6.07, 6.45) is 3.38. The molecule has 0 aliphatic heterocycles. The van der Waals surface area contributed by atoms with E-state index < -0.39 is 29.6 Å². The number of rotatable bonds is 8. The minimum absolute atomic E-state index is 0.00114. The first-order valence-electron chi connectivity index (χ1n) is 15.0. The highest BCUT2D eigenvalue weighted by molar-refractivity contribution is 6.05. The Morgan fingerprint density at radius 1 is 0.824 bits per heavy atom. The highest BCUT2D eigenvalue weighted by Crippen LogP contribution is 2.33. The average Bonchev–Trinajstić information content (AvgIpc) is 3.55. The number of alkyl halides is 3. The quantitative estimate of drug-likeness (QED) is 0.125. The Morgan fingerprint density at radius 3 is 2.16 bits per heavy atom. The Labute approximate surface area is 288 Å². The molecule has 12 nitrogen and oxygen atoms in total. The van der Waals surface area contributed by atoms with Crippen molar-refractivity contribution in [1.82, 2.24) is 24.5 Å². The summed E-state index contributed by atoms with van der Waals surface area (Å²) >= 11 is 0. The molecule has 0 saturated carbocycles. The summed E-state index contributed by atoms with van der Waals surface area (Å²) in [5, 5.41) is 22.8. The number of hydrogen-bond acceptors (Lipinski definition) is 8. The Hall–Kier alpha value is -6.90. The van der Waals surface area contributed by atoms with Crippen molar-refractivity contribution < 1.29 is 37.8 Å². The van der Waals surface area contributed by atoms with Crippen LogP contribution in [0.15, 0.2) is 110 Å². The van der Waals surface area contributed by atoms with E-state index in [4.69, 9.17) is 10.2 Å². The average molecular weight is 696 g/mol. The van der Waals surface area contributed by atoms with Gasteiger partial charge in [0.25, 0.3) is 5.91 Å². The zero-order chi connectivity index (χ0) is 36.7. The van der Waals surface area contributed by atoms with Crippen LogP contribution in [0.1, 0.15) is 47.9 Å². The van der Waals surface area contributed by atoms with E-state index in [2.05, 4.69) is 30.6 Å². The number of benzene rings is 3. The fourth-order valence-corrected chi connectivity index (χ4v) is 4.73. The van der Waals surface area contributed by atoms with Crippen LogP contribution < -0.4 is 10.6 Å². The molecule has 15 heteroatoms. The molecule has 3 aromatic heterocycles. The monoisotopic (exact) mass is 695 g/mol. The summed E-state index contributed by atoms with van der Waals surface area (Å²) < 4.78 is 42.3. The van der Waals surface area contributed by atoms with Crippen molar-refractivity contribution in [3.05, 3.63) is 143 Å². The molecule has 0 unspecified atom stereocenters. The molecule has 0 fully saturated rings. The lowest BCUT2D eigenvalue weighted by molar-refractivity contribution is -0.137. The lowest BCUT2D eigenvalue weighted by Crippen LogP contribution is -2.14. The van der Waals surface area contributed by atoms with E-state index in [1.807, 2.05) is 13.0 Å². The van der Waals surface area contributed by atoms with Crippen LogP contribution in [0.4, 0.5) is 30.5 Å². The largest absolute Gasteiger partial charge is 0.478 e. The van der Waals surface area contributed by atoms with E-state index in [9.17, 15) is 27.6 Å². The molecule has 0 saturated heterocycles. The van der Waals surface area contributed by atoms with Gasteiger partial charge in [0.2, 0.25) is 5.95 Å². The van der Waals surface area contributed by atoms with Gasteiger partial charge in [0.15, 0.2) is 0 Å². The molecule has 3 aromatic carbocycles. The van der Waals surface area contributed by atoms with E-state index in [0.29, 0.717) is 23.0 Å². The molecule has 51 heavy (non-hydrogen) atoms. The summed E-state index contributed by atoms with van der Waals surface area (Å²) in [7, 11) is 0. The van der Waals surface area contributed by atoms with Crippen LogP contribution in [-0.2, 0) is 6.18 Å². The number of pyridine rings is 1.